The molecule has 0 amide bonds. The van der Waals surface area contributed by atoms with Crippen molar-refractivity contribution >= 4 is 10.0 Å². The molecule has 0 radical (unpaired) electrons. The predicted molar refractivity (Wildman–Crippen MR) is 69.7 cm³/mol. The van der Waals surface area contributed by atoms with Gasteiger partial charge >= 0.3 is 0 Å². The summed E-state index contributed by atoms with van der Waals surface area (Å²) in [6.07, 6.45) is -0.300. The van der Waals surface area contributed by atoms with Gasteiger partial charge in [0.1, 0.15) is 12.4 Å². The second-order valence-corrected chi connectivity index (χ2v) is 6.35. The largest absolute Gasteiger partial charge is 0.392 e. The van der Waals surface area contributed by atoms with Gasteiger partial charge in [-0.05, 0) is 24.6 Å². The van der Waals surface area contributed by atoms with E-state index in [9.17, 15) is 17.9 Å². The Morgan fingerprint density at radius 1 is 1.45 bits per heavy atom. The van der Waals surface area contributed by atoms with Crippen molar-refractivity contribution in [2.75, 3.05) is 19.7 Å². The van der Waals surface area contributed by atoms with Crippen LogP contribution >= 0.6 is 0 Å². The molecule has 7 heteroatoms. The Morgan fingerprint density at radius 3 is 2.75 bits per heavy atom. The Bertz CT molecular complexity index is 663. The highest BCUT2D eigenvalue weighted by Gasteiger charge is 2.31. The molecule has 5 nitrogen and oxygen atoms in total. The highest BCUT2D eigenvalue weighted by Crippen LogP contribution is 2.22. The molecule has 0 spiro atoms. The third-order valence-electron chi connectivity index (χ3n) is 3.01. The van der Waals surface area contributed by atoms with Crippen molar-refractivity contribution in [2.24, 2.45) is 0 Å². The first-order chi connectivity index (χ1) is 9.45. The quantitative estimate of drug-likeness (QED) is 0.749. The van der Waals surface area contributed by atoms with Gasteiger partial charge in [0, 0.05) is 13.1 Å². The molecular weight excluding hydrogens is 285 g/mol. The van der Waals surface area contributed by atoms with Gasteiger partial charge in [-0.15, -0.1) is 0 Å². The van der Waals surface area contributed by atoms with Crippen LogP contribution in [0.1, 0.15) is 12.0 Å². The van der Waals surface area contributed by atoms with E-state index in [1.807, 2.05) is 0 Å². The maximum atomic E-state index is 13.8. The van der Waals surface area contributed by atoms with Crippen LogP contribution in [0.15, 0.2) is 23.1 Å². The third-order valence-corrected chi connectivity index (χ3v) is 4.87. The Hall–Kier alpha value is -1.46. The van der Waals surface area contributed by atoms with Crippen LogP contribution in [0.4, 0.5) is 4.39 Å². The second kappa shape index (κ2) is 5.89. The summed E-state index contributed by atoms with van der Waals surface area (Å²) in [6.45, 7) is -0.154. The minimum atomic E-state index is -3.80. The molecule has 1 aliphatic heterocycles. The number of aliphatic hydroxyl groups is 2. The second-order valence-electron chi connectivity index (χ2n) is 4.41. The van der Waals surface area contributed by atoms with Crippen LogP contribution in [0.5, 0.6) is 0 Å². The molecule has 0 aliphatic carbocycles. The fourth-order valence-electron chi connectivity index (χ4n) is 1.97. The van der Waals surface area contributed by atoms with Gasteiger partial charge in [0.05, 0.1) is 16.6 Å². The lowest BCUT2D eigenvalue weighted by Gasteiger charge is -2.15. The minimum absolute atomic E-state index is 0.0238. The first-order valence-electron chi connectivity index (χ1n) is 6.02. The van der Waals surface area contributed by atoms with Gasteiger partial charge in [-0.25, -0.2) is 12.8 Å². The van der Waals surface area contributed by atoms with E-state index in [-0.39, 0.29) is 23.5 Å². The molecule has 108 valence electrons. The lowest BCUT2D eigenvalue weighted by atomic mass is 10.2. The van der Waals surface area contributed by atoms with Crippen LogP contribution in [0, 0.1) is 17.7 Å². The monoisotopic (exact) mass is 299 g/mol. The summed E-state index contributed by atoms with van der Waals surface area (Å²) in [4.78, 5) is -0.168. The van der Waals surface area contributed by atoms with Crippen LogP contribution in [0.3, 0.4) is 0 Å². The van der Waals surface area contributed by atoms with Gasteiger partial charge in [0.15, 0.2) is 0 Å². The molecule has 1 heterocycles. The van der Waals surface area contributed by atoms with E-state index in [2.05, 4.69) is 11.8 Å². The number of hydrogen-bond acceptors (Lipinski definition) is 4. The molecule has 1 aromatic rings. The van der Waals surface area contributed by atoms with Crippen LogP contribution < -0.4 is 0 Å². The average molecular weight is 299 g/mol. The summed E-state index contributed by atoms with van der Waals surface area (Å²) in [6, 6.07) is 3.43. The Kier molecular flexibility index (Phi) is 4.40. The van der Waals surface area contributed by atoms with E-state index >= 15 is 0 Å². The Morgan fingerprint density at radius 2 is 2.20 bits per heavy atom. The van der Waals surface area contributed by atoms with E-state index in [0.29, 0.717) is 6.42 Å². The standard InChI is InChI=1S/C13H14FNO4S/c14-13-8-12(4-3-10(13)2-1-7-16)20(18,19)15-6-5-11(17)9-15/h3-4,8,11,16-17H,5-7,9H2. The highest BCUT2D eigenvalue weighted by atomic mass is 32.2. The zero-order chi connectivity index (χ0) is 14.8. The molecule has 1 saturated heterocycles. The van der Waals surface area contributed by atoms with Crippen LogP contribution in [-0.2, 0) is 10.0 Å². The zero-order valence-corrected chi connectivity index (χ0v) is 11.4. The van der Waals surface area contributed by atoms with Crippen molar-refractivity contribution in [1.82, 2.24) is 4.31 Å². The first kappa shape index (κ1) is 14.9. The molecule has 2 rings (SSSR count). The molecule has 1 aliphatic rings. The molecule has 0 saturated carbocycles. The van der Waals surface area contributed by atoms with Crippen molar-refractivity contribution in [2.45, 2.75) is 17.4 Å². The maximum Gasteiger partial charge on any atom is 0.243 e. The van der Waals surface area contributed by atoms with Crippen LogP contribution in [0.2, 0.25) is 0 Å². The topological polar surface area (TPSA) is 77.8 Å². The molecule has 20 heavy (non-hydrogen) atoms. The number of rotatable bonds is 2. The third kappa shape index (κ3) is 2.99. The molecule has 0 aromatic heterocycles. The fraction of sp³-hybridized carbons (Fsp3) is 0.385. The number of β-amino-alcohol motifs (C(OH)–C–C–N with tert-alkyl or cyclic N) is 1. The van der Waals surface area contributed by atoms with Gasteiger partial charge < -0.3 is 10.2 Å². The maximum absolute atomic E-state index is 13.8. The average Bonchev–Trinajstić information content (AvgIpc) is 2.84. The van der Waals surface area contributed by atoms with Gasteiger partial charge in [-0.2, -0.15) is 4.31 Å². The number of hydrogen-bond donors (Lipinski definition) is 2. The predicted octanol–water partition coefficient (Wildman–Crippen LogP) is -0.0752. The summed E-state index contributed by atoms with van der Waals surface area (Å²) >= 11 is 0. The number of nitrogens with zero attached hydrogens (tertiary/aromatic N) is 1. The van der Waals surface area contributed by atoms with E-state index in [1.165, 1.54) is 12.1 Å². The van der Waals surface area contributed by atoms with Gasteiger partial charge in [0.2, 0.25) is 10.0 Å². The van der Waals surface area contributed by atoms with Gasteiger partial charge in [0.25, 0.3) is 0 Å². The summed E-state index contributed by atoms with van der Waals surface area (Å²) in [7, 11) is -3.80. The van der Waals surface area contributed by atoms with Crippen molar-refractivity contribution < 1.29 is 23.0 Å². The molecule has 1 unspecified atom stereocenters. The molecule has 2 N–H and O–H groups in total. The lowest BCUT2D eigenvalue weighted by Crippen LogP contribution is -2.29. The summed E-state index contributed by atoms with van der Waals surface area (Å²) in [5, 5.41) is 17.9. The first-order valence-corrected chi connectivity index (χ1v) is 7.46. The van der Waals surface area contributed by atoms with Crippen molar-refractivity contribution in [1.29, 1.82) is 0 Å². The normalized spacial score (nSPS) is 19.6. The highest BCUT2D eigenvalue weighted by molar-refractivity contribution is 7.89. The number of halogens is 1. The van der Waals surface area contributed by atoms with Crippen LogP contribution in [-0.4, -0.2) is 48.7 Å². The SMILES string of the molecule is O=S(=O)(c1ccc(C#CCO)c(F)c1)N1CCC(O)C1. The molecule has 1 atom stereocenters. The van der Waals surface area contributed by atoms with E-state index in [1.54, 1.807) is 0 Å². The summed E-state index contributed by atoms with van der Waals surface area (Å²) in [5.41, 5.74) is 0.0273. The van der Waals surface area contributed by atoms with Crippen LogP contribution in [0.25, 0.3) is 0 Å². The van der Waals surface area contributed by atoms with E-state index in [0.717, 1.165) is 10.4 Å². The van der Waals surface area contributed by atoms with Crippen molar-refractivity contribution in [3.8, 4) is 11.8 Å². The Labute approximate surface area is 116 Å². The van der Waals surface area contributed by atoms with Crippen molar-refractivity contribution in [3.63, 3.8) is 0 Å². The smallest absolute Gasteiger partial charge is 0.243 e. The number of benzene rings is 1. The molecular formula is C13H14FNO4S. The fourth-order valence-corrected chi connectivity index (χ4v) is 3.48. The summed E-state index contributed by atoms with van der Waals surface area (Å²) in [5.74, 6) is 3.93. The minimum Gasteiger partial charge on any atom is -0.392 e. The van der Waals surface area contributed by atoms with Gasteiger partial charge in [-0.1, -0.05) is 11.8 Å². The zero-order valence-electron chi connectivity index (χ0n) is 10.6. The van der Waals surface area contributed by atoms with E-state index in [4.69, 9.17) is 5.11 Å². The summed E-state index contributed by atoms with van der Waals surface area (Å²) < 4.78 is 39.3. The molecule has 1 aromatic carbocycles. The number of sulfonamides is 1. The van der Waals surface area contributed by atoms with E-state index < -0.39 is 28.6 Å². The van der Waals surface area contributed by atoms with Crippen molar-refractivity contribution in [3.05, 3.63) is 29.6 Å². The molecule has 1 fully saturated rings. The lowest BCUT2D eigenvalue weighted by molar-refractivity contribution is 0.189. The molecule has 0 bridgehead atoms. The number of aliphatic hydroxyl groups excluding tert-OH is 2. The van der Waals surface area contributed by atoms with Gasteiger partial charge in [-0.3, -0.25) is 0 Å². The Balaban J connectivity index is 2.31.